The molecule has 0 fully saturated rings. The van der Waals surface area contributed by atoms with Gasteiger partial charge in [0, 0.05) is 0 Å². The number of hydrogen-bond donors (Lipinski definition) is 0. The average molecular weight is 316 g/mol. The van der Waals surface area contributed by atoms with Crippen molar-refractivity contribution in [3.8, 4) is 0 Å². The Morgan fingerprint density at radius 2 is 1.00 bits per heavy atom. The first-order chi connectivity index (χ1) is 9.10. The number of hydrogen-bond acceptors (Lipinski definition) is 4. The fraction of sp³-hybridized carbons (Fsp3) is 0.0667. The fourth-order valence-electron chi connectivity index (χ4n) is 2.10. The SMILES string of the molecule is O=C([O-])C(C(=O)[O-])(c1ccccc1)c1ccccc1.[K+].[Na+]. The van der Waals surface area contributed by atoms with Crippen molar-refractivity contribution in [1.82, 2.24) is 0 Å². The molecule has 4 nitrogen and oxygen atoms in total. The Hall–Kier alpha value is 0.0164. The van der Waals surface area contributed by atoms with E-state index in [0.717, 1.165) is 0 Å². The minimum absolute atomic E-state index is 0. The molecule has 0 saturated heterocycles. The van der Waals surface area contributed by atoms with E-state index in [0.29, 0.717) is 0 Å². The van der Waals surface area contributed by atoms with Crippen LogP contribution in [0.1, 0.15) is 11.1 Å². The zero-order valence-electron chi connectivity index (χ0n) is 11.9. The molecule has 0 aliphatic carbocycles. The first-order valence-corrected chi connectivity index (χ1v) is 5.64. The van der Waals surface area contributed by atoms with Crippen LogP contribution in [0, 0.1) is 0 Å². The molecule has 0 bridgehead atoms. The van der Waals surface area contributed by atoms with E-state index in [2.05, 4.69) is 0 Å². The Balaban J connectivity index is 0.00000200. The molecule has 0 heterocycles. The van der Waals surface area contributed by atoms with E-state index >= 15 is 0 Å². The summed E-state index contributed by atoms with van der Waals surface area (Å²) in [5.74, 6) is -3.44. The first kappa shape index (κ1) is 21.0. The van der Waals surface area contributed by atoms with Gasteiger partial charge in [-0.25, -0.2) is 0 Å². The van der Waals surface area contributed by atoms with Crippen molar-refractivity contribution in [2.75, 3.05) is 0 Å². The average Bonchev–Trinajstić information content (AvgIpc) is 2.41. The molecule has 2 aromatic carbocycles. The number of carbonyl (C=O) groups is 2. The van der Waals surface area contributed by atoms with Crippen molar-refractivity contribution in [2.24, 2.45) is 0 Å². The molecule has 0 saturated carbocycles. The van der Waals surface area contributed by atoms with Crippen LogP contribution in [0.2, 0.25) is 0 Å². The fourth-order valence-corrected chi connectivity index (χ4v) is 2.10. The monoisotopic (exact) mass is 316 g/mol. The normalized spacial score (nSPS) is 9.90. The van der Waals surface area contributed by atoms with Crippen LogP contribution in [0.3, 0.4) is 0 Å². The summed E-state index contributed by atoms with van der Waals surface area (Å²) in [5, 5.41) is 23.1. The summed E-state index contributed by atoms with van der Waals surface area (Å²) in [6, 6.07) is 15.3. The number of benzene rings is 2. The number of carboxylic acid groups (broad SMARTS) is 2. The van der Waals surface area contributed by atoms with Crippen molar-refractivity contribution < 1.29 is 101 Å². The number of aliphatic carboxylic acids is 2. The van der Waals surface area contributed by atoms with E-state index in [4.69, 9.17) is 0 Å². The van der Waals surface area contributed by atoms with Crippen molar-refractivity contribution in [2.45, 2.75) is 5.41 Å². The van der Waals surface area contributed by atoms with Crippen LogP contribution >= 0.6 is 0 Å². The van der Waals surface area contributed by atoms with Gasteiger partial charge in [-0.15, -0.1) is 0 Å². The molecule has 2 aromatic rings. The van der Waals surface area contributed by atoms with Gasteiger partial charge in [-0.3, -0.25) is 0 Å². The van der Waals surface area contributed by atoms with Gasteiger partial charge in [0.25, 0.3) is 0 Å². The van der Waals surface area contributed by atoms with Crippen LogP contribution in [-0.4, -0.2) is 11.9 Å². The van der Waals surface area contributed by atoms with Crippen molar-refractivity contribution in [3.63, 3.8) is 0 Å². The molecule has 21 heavy (non-hydrogen) atoms. The van der Waals surface area contributed by atoms with Gasteiger partial charge >= 0.3 is 80.9 Å². The molecule has 0 unspecified atom stereocenters. The van der Waals surface area contributed by atoms with Gasteiger partial charge in [0.1, 0.15) is 0 Å². The third-order valence-corrected chi connectivity index (χ3v) is 3.03. The van der Waals surface area contributed by atoms with E-state index in [1.165, 1.54) is 24.3 Å². The second-order valence-electron chi connectivity index (χ2n) is 4.06. The molecular formula is C15H10KNaO4. The van der Waals surface area contributed by atoms with Crippen LogP contribution in [-0.2, 0) is 15.0 Å². The Morgan fingerprint density at radius 3 is 1.24 bits per heavy atom. The number of carbonyl (C=O) groups excluding carboxylic acids is 2. The summed E-state index contributed by atoms with van der Waals surface area (Å²) in [4.78, 5) is 23.1. The Kier molecular flexibility index (Phi) is 9.23. The van der Waals surface area contributed by atoms with E-state index < -0.39 is 17.4 Å². The second-order valence-corrected chi connectivity index (χ2v) is 4.06. The molecule has 6 heteroatoms. The van der Waals surface area contributed by atoms with Crippen LogP contribution in [0.15, 0.2) is 60.7 Å². The van der Waals surface area contributed by atoms with Crippen LogP contribution < -0.4 is 91.2 Å². The summed E-state index contributed by atoms with van der Waals surface area (Å²) in [6.45, 7) is 0. The van der Waals surface area contributed by atoms with Gasteiger partial charge in [0.05, 0.1) is 17.4 Å². The van der Waals surface area contributed by atoms with Crippen molar-refractivity contribution in [3.05, 3.63) is 71.8 Å². The molecular weight excluding hydrogens is 306 g/mol. The number of rotatable bonds is 4. The van der Waals surface area contributed by atoms with E-state index in [9.17, 15) is 19.8 Å². The zero-order chi connectivity index (χ0) is 13.9. The van der Waals surface area contributed by atoms with Crippen LogP contribution in [0.4, 0.5) is 0 Å². The maximum atomic E-state index is 11.5. The summed E-state index contributed by atoms with van der Waals surface area (Å²) in [7, 11) is 0. The smallest absolute Gasteiger partial charge is 0.548 e. The quantitative estimate of drug-likeness (QED) is 0.415. The van der Waals surface area contributed by atoms with Crippen molar-refractivity contribution >= 4 is 11.9 Å². The maximum absolute atomic E-state index is 11.5. The van der Waals surface area contributed by atoms with E-state index in [1.54, 1.807) is 36.4 Å². The summed E-state index contributed by atoms with van der Waals surface area (Å²) in [6.07, 6.45) is 0. The molecule has 0 radical (unpaired) electrons. The van der Waals surface area contributed by atoms with Gasteiger partial charge in [0.15, 0.2) is 0 Å². The molecule has 0 spiro atoms. The Labute approximate surface area is 187 Å². The Morgan fingerprint density at radius 1 is 0.714 bits per heavy atom. The Bertz CT molecular complexity index is 546. The van der Waals surface area contributed by atoms with Gasteiger partial charge in [0.2, 0.25) is 0 Å². The van der Waals surface area contributed by atoms with Gasteiger partial charge < -0.3 is 19.8 Å². The van der Waals surface area contributed by atoms with Gasteiger partial charge in [-0.1, -0.05) is 60.7 Å². The molecule has 0 aliphatic heterocycles. The predicted molar refractivity (Wildman–Crippen MR) is 63.7 cm³/mol. The molecule has 0 atom stereocenters. The van der Waals surface area contributed by atoms with Gasteiger partial charge in [-0.05, 0) is 11.1 Å². The third kappa shape index (κ3) is 4.06. The largest absolute Gasteiger partial charge is 1.00 e. The van der Waals surface area contributed by atoms with E-state index in [1.807, 2.05) is 0 Å². The molecule has 2 rings (SSSR count). The minimum atomic E-state index is -2.30. The summed E-state index contributed by atoms with van der Waals surface area (Å²) < 4.78 is 0. The number of carboxylic acids is 2. The predicted octanol–water partition coefficient (Wildman–Crippen LogP) is -6.52. The molecule has 96 valence electrons. The molecule has 0 N–H and O–H groups in total. The minimum Gasteiger partial charge on any atom is -0.548 e. The molecule has 0 aromatic heterocycles. The van der Waals surface area contributed by atoms with Gasteiger partial charge in [-0.2, -0.15) is 0 Å². The summed E-state index contributed by atoms with van der Waals surface area (Å²) >= 11 is 0. The molecule has 0 aliphatic rings. The van der Waals surface area contributed by atoms with Crippen LogP contribution in [0.25, 0.3) is 0 Å². The second kappa shape index (κ2) is 9.22. The zero-order valence-corrected chi connectivity index (χ0v) is 17.0. The van der Waals surface area contributed by atoms with Crippen molar-refractivity contribution in [1.29, 1.82) is 0 Å². The first-order valence-electron chi connectivity index (χ1n) is 5.64. The standard InChI is InChI=1S/C15H12O4.K.Na/c16-13(17)15(14(18)19,11-7-3-1-4-8-11)12-9-5-2-6-10-12;;/h1-10H,(H,16,17)(H,18,19);;/q;2*+1/p-2. The maximum Gasteiger partial charge on any atom is 1.00 e. The van der Waals surface area contributed by atoms with E-state index in [-0.39, 0.29) is 92.1 Å². The molecule has 0 amide bonds. The topological polar surface area (TPSA) is 80.3 Å². The van der Waals surface area contributed by atoms with Crippen LogP contribution in [0.5, 0.6) is 0 Å². The summed E-state index contributed by atoms with van der Waals surface area (Å²) in [5.41, 5.74) is -2.11. The third-order valence-electron chi connectivity index (χ3n) is 3.03.